The fourth-order valence-corrected chi connectivity index (χ4v) is 1.86. The standard InChI is InChI=1S/C12H26N2O/c1-3-13(2)9-11-15-12-10-14-7-5-4-6-8-14/h3-12H2,1-2H3. The first-order chi connectivity index (χ1) is 7.33. The highest BCUT2D eigenvalue weighted by molar-refractivity contribution is 4.63. The molecule has 1 fully saturated rings. The molecule has 0 aromatic rings. The largest absolute Gasteiger partial charge is 0.379 e. The summed E-state index contributed by atoms with van der Waals surface area (Å²) in [6.45, 7) is 9.78. The van der Waals surface area contributed by atoms with Gasteiger partial charge < -0.3 is 14.5 Å². The van der Waals surface area contributed by atoms with Gasteiger partial charge in [0.25, 0.3) is 0 Å². The lowest BCUT2D eigenvalue weighted by Gasteiger charge is -2.26. The Bertz CT molecular complexity index is 147. The highest BCUT2D eigenvalue weighted by Crippen LogP contribution is 2.07. The Kier molecular flexibility index (Phi) is 6.98. The van der Waals surface area contributed by atoms with Crippen LogP contribution in [0.2, 0.25) is 0 Å². The maximum Gasteiger partial charge on any atom is 0.0594 e. The van der Waals surface area contributed by atoms with Gasteiger partial charge in [0.15, 0.2) is 0 Å². The first-order valence-corrected chi connectivity index (χ1v) is 6.31. The van der Waals surface area contributed by atoms with Crippen LogP contribution in [0.4, 0.5) is 0 Å². The highest BCUT2D eigenvalue weighted by atomic mass is 16.5. The van der Waals surface area contributed by atoms with E-state index in [1.54, 1.807) is 0 Å². The summed E-state index contributed by atoms with van der Waals surface area (Å²) >= 11 is 0. The van der Waals surface area contributed by atoms with Crippen molar-refractivity contribution in [1.82, 2.24) is 9.80 Å². The predicted molar refractivity (Wildman–Crippen MR) is 64.3 cm³/mol. The molecule has 1 aliphatic heterocycles. The van der Waals surface area contributed by atoms with Crippen LogP contribution in [0.25, 0.3) is 0 Å². The molecule has 3 nitrogen and oxygen atoms in total. The Hall–Kier alpha value is -0.120. The van der Waals surface area contributed by atoms with E-state index < -0.39 is 0 Å². The molecule has 1 aliphatic rings. The number of likely N-dealkylation sites (tertiary alicyclic amines) is 1. The van der Waals surface area contributed by atoms with Gasteiger partial charge in [-0.15, -0.1) is 0 Å². The zero-order chi connectivity index (χ0) is 10.9. The van der Waals surface area contributed by atoms with Crippen molar-refractivity contribution in [3.63, 3.8) is 0 Å². The highest BCUT2D eigenvalue weighted by Gasteiger charge is 2.08. The molecule has 0 atom stereocenters. The minimum atomic E-state index is 0.873. The lowest BCUT2D eigenvalue weighted by molar-refractivity contribution is 0.0837. The van der Waals surface area contributed by atoms with Crippen molar-refractivity contribution in [3.05, 3.63) is 0 Å². The maximum atomic E-state index is 5.63. The van der Waals surface area contributed by atoms with E-state index in [-0.39, 0.29) is 0 Å². The number of likely N-dealkylation sites (N-methyl/N-ethyl adjacent to an activating group) is 1. The molecule has 1 saturated heterocycles. The van der Waals surface area contributed by atoms with Gasteiger partial charge in [0.1, 0.15) is 0 Å². The third-order valence-corrected chi connectivity index (χ3v) is 3.16. The number of nitrogens with zero attached hydrogens (tertiary/aromatic N) is 2. The Labute approximate surface area is 94.4 Å². The van der Waals surface area contributed by atoms with Crippen LogP contribution in [0, 0.1) is 0 Å². The third kappa shape index (κ3) is 6.13. The van der Waals surface area contributed by atoms with E-state index in [9.17, 15) is 0 Å². The SMILES string of the molecule is CCN(C)CCOCCN1CCCCC1. The van der Waals surface area contributed by atoms with Gasteiger partial charge in [-0.25, -0.2) is 0 Å². The maximum absolute atomic E-state index is 5.63. The Morgan fingerprint density at radius 2 is 1.87 bits per heavy atom. The van der Waals surface area contributed by atoms with Gasteiger partial charge in [-0.2, -0.15) is 0 Å². The average molecular weight is 214 g/mol. The minimum absolute atomic E-state index is 0.873. The molecule has 15 heavy (non-hydrogen) atoms. The second kappa shape index (κ2) is 8.08. The smallest absolute Gasteiger partial charge is 0.0594 e. The summed E-state index contributed by atoms with van der Waals surface area (Å²) in [7, 11) is 2.13. The molecule has 0 aromatic heterocycles. The van der Waals surface area contributed by atoms with Gasteiger partial charge in [0.2, 0.25) is 0 Å². The van der Waals surface area contributed by atoms with E-state index in [1.807, 2.05) is 0 Å². The van der Waals surface area contributed by atoms with E-state index in [2.05, 4.69) is 23.8 Å². The molecule has 1 rings (SSSR count). The topological polar surface area (TPSA) is 15.7 Å². The van der Waals surface area contributed by atoms with Crippen molar-refractivity contribution < 1.29 is 4.74 Å². The zero-order valence-corrected chi connectivity index (χ0v) is 10.4. The van der Waals surface area contributed by atoms with Crippen LogP contribution in [0.1, 0.15) is 26.2 Å². The summed E-state index contributed by atoms with van der Waals surface area (Å²) in [6.07, 6.45) is 4.16. The number of hydrogen-bond acceptors (Lipinski definition) is 3. The quantitative estimate of drug-likeness (QED) is 0.596. The van der Waals surface area contributed by atoms with Crippen molar-refractivity contribution >= 4 is 0 Å². The lowest BCUT2D eigenvalue weighted by Crippen LogP contribution is -2.33. The van der Waals surface area contributed by atoms with E-state index in [1.165, 1.54) is 32.4 Å². The number of piperidine rings is 1. The van der Waals surface area contributed by atoms with Crippen molar-refractivity contribution in [2.24, 2.45) is 0 Å². The summed E-state index contributed by atoms with van der Waals surface area (Å²) in [6, 6.07) is 0. The summed E-state index contributed by atoms with van der Waals surface area (Å²) in [5, 5.41) is 0. The van der Waals surface area contributed by atoms with Crippen LogP contribution >= 0.6 is 0 Å². The van der Waals surface area contributed by atoms with Crippen molar-refractivity contribution in [2.75, 3.05) is 53.0 Å². The predicted octanol–water partition coefficient (Wildman–Crippen LogP) is 1.44. The molecule has 1 heterocycles. The summed E-state index contributed by atoms with van der Waals surface area (Å²) in [5.41, 5.74) is 0. The number of ether oxygens (including phenoxy) is 1. The Morgan fingerprint density at radius 3 is 2.53 bits per heavy atom. The van der Waals surface area contributed by atoms with Crippen LogP contribution in [-0.4, -0.2) is 62.8 Å². The third-order valence-electron chi connectivity index (χ3n) is 3.16. The molecule has 0 amide bonds. The second-order valence-corrected chi connectivity index (χ2v) is 4.41. The van der Waals surface area contributed by atoms with Crippen LogP contribution in [0.5, 0.6) is 0 Å². The fraction of sp³-hybridized carbons (Fsp3) is 1.00. The molecule has 0 aliphatic carbocycles. The molecule has 0 unspecified atom stereocenters. The van der Waals surface area contributed by atoms with Gasteiger partial charge in [-0.1, -0.05) is 13.3 Å². The van der Waals surface area contributed by atoms with Crippen LogP contribution < -0.4 is 0 Å². The monoisotopic (exact) mass is 214 g/mol. The molecule has 0 aromatic carbocycles. The van der Waals surface area contributed by atoms with Gasteiger partial charge >= 0.3 is 0 Å². The van der Waals surface area contributed by atoms with Crippen LogP contribution in [0.3, 0.4) is 0 Å². The summed E-state index contributed by atoms with van der Waals surface area (Å²) in [5.74, 6) is 0. The number of hydrogen-bond donors (Lipinski definition) is 0. The first kappa shape index (κ1) is 12.9. The van der Waals surface area contributed by atoms with Gasteiger partial charge in [0, 0.05) is 13.1 Å². The number of rotatable bonds is 7. The molecule has 0 saturated carbocycles. The second-order valence-electron chi connectivity index (χ2n) is 4.41. The van der Waals surface area contributed by atoms with Crippen LogP contribution in [0.15, 0.2) is 0 Å². The molecule has 0 spiro atoms. The van der Waals surface area contributed by atoms with E-state index in [0.717, 1.165) is 32.8 Å². The molecular formula is C12H26N2O. The minimum Gasteiger partial charge on any atom is -0.379 e. The van der Waals surface area contributed by atoms with E-state index in [4.69, 9.17) is 4.74 Å². The van der Waals surface area contributed by atoms with Crippen molar-refractivity contribution in [1.29, 1.82) is 0 Å². The Balaban J connectivity index is 1.87. The van der Waals surface area contributed by atoms with E-state index >= 15 is 0 Å². The zero-order valence-electron chi connectivity index (χ0n) is 10.4. The molecular weight excluding hydrogens is 188 g/mol. The lowest BCUT2D eigenvalue weighted by atomic mass is 10.1. The average Bonchev–Trinajstić information content (AvgIpc) is 2.29. The Morgan fingerprint density at radius 1 is 1.13 bits per heavy atom. The normalized spacial score (nSPS) is 18.6. The summed E-state index contributed by atoms with van der Waals surface area (Å²) < 4.78 is 5.63. The molecule has 0 N–H and O–H groups in total. The molecule has 0 bridgehead atoms. The fourth-order valence-electron chi connectivity index (χ4n) is 1.86. The van der Waals surface area contributed by atoms with E-state index in [0.29, 0.717) is 0 Å². The molecule has 0 radical (unpaired) electrons. The van der Waals surface area contributed by atoms with Crippen molar-refractivity contribution in [3.8, 4) is 0 Å². The first-order valence-electron chi connectivity index (χ1n) is 6.31. The van der Waals surface area contributed by atoms with Crippen molar-refractivity contribution in [2.45, 2.75) is 26.2 Å². The van der Waals surface area contributed by atoms with Gasteiger partial charge in [-0.05, 0) is 39.5 Å². The molecule has 90 valence electrons. The van der Waals surface area contributed by atoms with Crippen LogP contribution in [-0.2, 0) is 4.74 Å². The summed E-state index contributed by atoms with van der Waals surface area (Å²) in [4.78, 5) is 4.80. The van der Waals surface area contributed by atoms with Gasteiger partial charge in [0.05, 0.1) is 13.2 Å². The molecule has 3 heteroatoms. The van der Waals surface area contributed by atoms with Gasteiger partial charge in [-0.3, -0.25) is 0 Å².